The van der Waals surface area contributed by atoms with Gasteiger partial charge in [0.15, 0.2) is 0 Å². The standard InChI is InChI=1S/C19H19F3N2OS/c1-12(17-5-4-10-26-17)24(3)11-16-13(2)25-18(23-16)14-6-8-15(9-7-14)19(20,21)22/h4-10,12H,11H2,1-3H3/t12-/m0/s1. The molecule has 0 radical (unpaired) electrons. The molecule has 0 amide bonds. The maximum absolute atomic E-state index is 12.7. The zero-order valence-corrected chi connectivity index (χ0v) is 15.5. The van der Waals surface area contributed by atoms with Crippen LogP contribution in [0.3, 0.4) is 0 Å². The number of rotatable bonds is 5. The van der Waals surface area contributed by atoms with Crippen LogP contribution in [0.2, 0.25) is 0 Å². The average molecular weight is 380 g/mol. The van der Waals surface area contributed by atoms with E-state index in [9.17, 15) is 13.2 Å². The van der Waals surface area contributed by atoms with Crippen molar-refractivity contribution < 1.29 is 17.6 Å². The monoisotopic (exact) mass is 380 g/mol. The van der Waals surface area contributed by atoms with Crippen molar-refractivity contribution >= 4 is 11.3 Å². The van der Waals surface area contributed by atoms with Crippen LogP contribution in [-0.2, 0) is 12.7 Å². The van der Waals surface area contributed by atoms with Crippen LogP contribution in [0.25, 0.3) is 11.5 Å². The molecule has 0 aliphatic heterocycles. The fourth-order valence-corrected chi connectivity index (χ4v) is 3.47. The second-order valence-corrected chi connectivity index (χ2v) is 7.18. The Bertz CT molecular complexity index is 854. The molecular weight excluding hydrogens is 361 g/mol. The molecule has 7 heteroatoms. The lowest BCUT2D eigenvalue weighted by atomic mass is 10.1. The van der Waals surface area contributed by atoms with Gasteiger partial charge in [-0.2, -0.15) is 13.2 Å². The Morgan fingerprint density at radius 2 is 1.88 bits per heavy atom. The maximum atomic E-state index is 12.7. The summed E-state index contributed by atoms with van der Waals surface area (Å²) in [6.07, 6.45) is -4.35. The van der Waals surface area contributed by atoms with Crippen LogP contribution >= 0.6 is 11.3 Å². The molecule has 2 aromatic heterocycles. The fourth-order valence-electron chi connectivity index (χ4n) is 2.62. The summed E-state index contributed by atoms with van der Waals surface area (Å²) in [5.41, 5.74) is 0.626. The maximum Gasteiger partial charge on any atom is 0.416 e. The molecule has 2 heterocycles. The Labute approximate surface area is 154 Å². The third-order valence-corrected chi connectivity index (χ3v) is 5.41. The Balaban J connectivity index is 1.77. The number of aryl methyl sites for hydroxylation is 1. The third-order valence-electron chi connectivity index (χ3n) is 4.37. The van der Waals surface area contributed by atoms with Gasteiger partial charge in [-0.05, 0) is 56.6 Å². The van der Waals surface area contributed by atoms with E-state index in [0.717, 1.165) is 17.8 Å². The van der Waals surface area contributed by atoms with Crippen LogP contribution in [0.1, 0.15) is 34.9 Å². The molecule has 1 aromatic carbocycles. The smallest absolute Gasteiger partial charge is 0.416 e. The second-order valence-electron chi connectivity index (χ2n) is 6.20. The van der Waals surface area contributed by atoms with Crippen LogP contribution in [0.5, 0.6) is 0 Å². The molecule has 0 spiro atoms. The minimum Gasteiger partial charge on any atom is -0.441 e. The van der Waals surface area contributed by atoms with Crippen molar-refractivity contribution in [3.8, 4) is 11.5 Å². The molecule has 3 aromatic rings. The lowest BCUT2D eigenvalue weighted by Crippen LogP contribution is -2.21. The molecule has 1 atom stereocenters. The van der Waals surface area contributed by atoms with Crippen LogP contribution < -0.4 is 0 Å². The topological polar surface area (TPSA) is 29.3 Å². The first-order valence-electron chi connectivity index (χ1n) is 8.13. The number of halogens is 3. The van der Waals surface area contributed by atoms with E-state index in [-0.39, 0.29) is 6.04 Å². The molecule has 0 N–H and O–H groups in total. The zero-order chi connectivity index (χ0) is 18.9. The molecular formula is C19H19F3N2OS. The van der Waals surface area contributed by atoms with Crippen molar-refractivity contribution in [1.29, 1.82) is 0 Å². The summed E-state index contributed by atoms with van der Waals surface area (Å²) in [5, 5.41) is 2.05. The van der Waals surface area contributed by atoms with Gasteiger partial charge in [0, 0.05) is 23.0 Å². The summed E-state index contributed by atoms with van der Waals surface area (Å²) < 4.78 is 43.7. The number of hydrogen-bond acceptors (Lipinski definition) is 4. The van der Waals surface area contributed by atoms with Crippen LogP contribution in [0, 0.1) is 6.92 Å². The summed E-state index contributed by atoms with van der Waals surface area (Å²) >= 11 is 1.70. The van der Waals surface area contributed by atoms with Gasteiger partial charge < -0.3 is 4.42 Å². The SMILES string of the molecule is Cc1oc(-c2ccc(C(F)(F)F)cc2)nc1CN(C)[C@@H](C)c1cccs1. The Hall–Kier alpha value is -2.12. The van der Waals surface area contributed by atoms with Crippen molar-refractivity contribution in [2.24, 2.45) is 0 Å². The molecule has 0 saturated carbocycles. The largest absolute Gasteiger partial charge is 0.441 e. The minimum atomic E-state index is -4.35. The normalized spacial score (nSPS) is 13.3. The van der Waals surface area contributed by atoms with E-state index >= 15 is 0 Å². The molecule has 0 unspecified atom stereocenters. The third kappa shape index (κ3) is 3.99. The van der Waals surface area contributed by atoms with Gasteiger partial charge in [0.05, 0.1) is 11.3 Å². The lowest BCUT2D eigenvalue weighted by molar-refractivity contribution is -0.137. The van der Waals surface area contributed by atoms with Crippen molar-refractivity contribution in [2.45, 2.75) is 32.6 Å². The molecule has 0 aliphatic carbocycles. The number of thiophene rings is 1. The van der Waals surface area contributed by atoms with Crippen molar-refractivity contribution in [2.75, 3.05) is 7.05 Å². The summed E-state index contributed by atoms with van der Waals surface area (Å²) in [4.78, 5) is 7.91. The van der Waals surface area contributed by atoms with E-state index in [1.165, 1.54) is 17.0 Å². The summed E-state index contributed by atoms with van der Waals surface area (Å²) in [6.45, 7) is 4.53. The van der Waals surface area contributed by atoms with Crippen molar-refractivity contribution in [1.82, 2.24) is 9.88 Å². The molecule has 26 heavy (non-hydrogen) atoms. The Morgan fingerprint density at radius 1 is 1.19 bits per heavy atom. The molecule has 3 nitrogen and oxygen atoms in total. The van der Waals surface area contributed by atoms with Crippen molar-refractivity contribution in [3.63, 3.8) is 0 Å². The van der Waals surface area contributed by atoms with Gasteiger partial charge in [0.25, 0.3) is 0 Å². The Morgan fingerprint density at radius 3 is 2.46 bits per heavy atom. The molecule has 0 aliphatic rings. The fraction of sp³-hybridized carbons (Fsp3) is 0.316. The average Bonchev–Trinajstić information content (AvgIpc) is 3.24. The van der Waals surface area contributed by atoms with E-state index in [4.69, 9.17) is 4.42 Å². The summed E-state index contributed by atoms with van der Waals surface area (Å²) in [6, 6.07) is 9.20. The summed E-state index contributed by atoms with van der Waals surface area (Å²) in [7, 11) is 2.01. The summed E-state index contributed by atoms with van der Waals surface area (Å²) in [5.74, 6) is 1.01. The van der Waals surface area contributed by atoms with E-state index in [2.05, 4.69) is 22.9 Å². The molecule has 0 fully saturated rings. The van der Waals surface area contributed by atoms with Gasteiger partial charge in [-0.15, -0.1) is 11.3 Å². The molecule has 3 rings (SSSR count). The minimum absolute atomic E-state index is 0.237. The van der Waals surface area contributed by atoms with E-state index < -0.39 is 11.7 Å². The zero-order valence-electron chi connectivity index (χ0n) is 14.7. The van der Waals surface area contributed by atoms with E-state index in [1.807, 2.05) is 25.4 Å². The first kappa shape index (κ1) is 18.7. The highest BCUT2D eigenvalue weighted by atomic mass is 32.1. The van der Waals surface area contributed by atoms with Gasteiger partial charge in [-0.3, -0.25) is 4.90 Å². The van der Waals surface area contributed by atoms with Gasteiger partial charge in [-0.25, -0.2) is 4.98 Å². The Kier molecular flexibility index (Phi) is 5.20. The van der Waals surface area contributed by atoms with E-state index in [0.29, 0.717) is 23.8 Å². The predicted molar refractivity (Wildman–Crippen MR) is 95.9 cm³/mol. The molecule has 138 valence electrons. The predicted octanol–water partition coefficient (Wildman–Crippen LogP) is 5.92. The second kappa shape index (κ2) is 7.25. The number of aromatic nitrogens is 1. The van der Waals surface area contributed by atoms with Crippen LogP contribution in [0.4, 0.5) is 13.2 Å². The van der Waals surface area contributed by atoms with Gasteiger partial charge in [0.2, 0.25) is 5.89 Å². The number of hydrogen-bond donors (Lipinski definition) is 0. The van der Waals surface area contributed by atoms with Crippen LogP contribution in [0.15, 0.2) is 46.2 Å². The van der Waals surface area contributed by atoms with Gasteiger partial charge >= 0.3 is 6.18 Å². The molecule has 0 bridgehead atoms. The highest BCUT2D eigenvalue weighted by Crippen LogP contribution is 2.31. The van der Waals surface area contributed by atoms with Crippen LogP contribution in [-0.4, -0.2) is 16.9 Å². The highest BCUT2D eigenvalue weighted by molar-refractivity contribution is 7.10. The number of nitrogens with zero attached hydrogens (tertiary/aromatic N) is 2. The lowest BCUT2D eigenvalue weighted by Gasteiger charge is -2.22. The van der Waals surface area contributed by atoms with Crippen molar-refractivity contribution in [3.05, 3.63) is 63.7 Å². The molecule has 0 saturated heterocycles. The number of oxazole rings is 1. The highest BCUT2D eigenvalue weighted by Gasteiger charge is 2.30. The van der Waals surface area contributed by atoms with Gasteiger partial charge in [-0.1, -0.05) is 6.07 Å². The van der Waals surface area contributed by atoms with Gasteiger partial charge in [0.1, 0.15) is 5.76 Å². The first-order valence-corrected chi connectivity index (χ1v) is 9.01. The number of alkyl halides is 3. The first-order chi connectivity index (χ1) is 12.3. The van der Waals surface area contributed by atoms with E-state index in [1.54, 1.807) is 11.3 Å². The quantitative estimate of drug-likeness (QED) is 0.550. The number of benzene rings is 1.